The minimum atomic E-state index is 0.00600. The van der Waals surface area contributed by atoms with Gasteiger partial charge in [0, 0.05) is 16.5 Å². The van der Waals surface area contributed by atoms with E-state index in [1.165, 1.54) is 33.0 Å². The second kappa shape index (κ2) is 13.3. The maximum Gasteiger partial charge on any atom is 0.220 e. The zero-order valence-electron chi connectivity index (χ0n) is 37.4. The molecule has 0 unspecified atom stereocenters. The lowest BCUT2D eigenvalue weighted by Crippen LogP contribution is -2.16. The van der Waals surface area contributed by atoms with Gasteiger partial charge in [0.05, 0.1) is 66.5 Å². The van der Waals surface area contributed by atoms with E-state index in [4.69, 9.17) is 9.97 Å². The lowest BCUT2D eigenvalue weighted by molar-refractivity contribution is 0.569. The van der Waals surface area contributed by atoms with Gasteiger partial charge in [-0.1, -0.05) is 126 Å². The first-order valence-corrected chi connectivity index (χ1v) is 22.6. The molecule has 7 heteroatoms. The molecule has 0 aliphatic carbocycles. The predicted octanol–water partition coefficient (Wildman–Crippen LogP) is 14.5. The van der Waals surface area contributed by atoms with Gasteiger partial charge >= 0.3 is 0 Å². The average molecular weight is 842 g/mol. The number of para-hydroxylation sites is 8. The maximum atomic E-state index is 5.24. The first-order chi connectivity index (χ1) is 31.5. The summed E-state index contributed by atoms with van der Waals surface area (Å²) >= 11 is 0. The molecular weight excluding hydrogens is 795 g/mol. The van der Waals surface area contributed by atoms with E-state index in [2.05, 4.69) is 240 Å². The van der Waals surface area contributed by atoms with E-state index in [1.807, 2.05) is 0 Å². The van der Waals surface area contributed by atoms with Crippen molar-refractivity contribution in [3.05, 3.63) is 187 Å². The van der Waals surface area contributed by atoms with Gasteiger partial charge in [0.2, 0.25) is 11.6 Å². The van der Waals surface area contributed by atoms with E-state index in [9.17, 15) is 0 Å². The van der Waals surface area contributed by atoms with Crippen molar-refractivity contribution in [3.8, 4) is 28.2 Å². The molecule has 8 aromatic carbocycles. The summed E-state index contributed by atoms with van der Waals surface area (Å²) in [7, 11) is 0. The fraction of sp³-hybridized carbons (Fsp3) is 0.138. The number of nitrogens with zero attached hydrogens (tertiary/aromatic N) is 7. The van der Waals surface area contributed by atoms with Crippen LogP contribution in [0.4, 0.5) is 0 Å². The molecule has 0 saturated carbocycles. The molecular formula is C58H47N7. The van der Waals surface area contributed by atoms with Crippen LogP contribution >= 0.6 is 0 Å². The third-order valence-corrected chi connectivity index (χ3v) is 13.6. The van der Waals surface area contributed by atoms with E-state index < -0.39 is 0 Å². The van der Waals surface area contributed by atoms with E-state index in [0.717, 1.165) is 83.8 Å². The first kappa shape index (κ1) is 37.6. The van der Waals surface area contributed by atoms with Crippen LogP contribution in [-0.4, -0.2) is 32.5 Å². The van der Waals surface area contributed by atoms with Gasteiger partial charge < -0.3 is 4.57 Å². The van der Waals surface area contributed by atoms with Gasteiger partial charge in [0.25, 0.3) is 0 Å². The molecule has 0 amide bonds. The lowest BCUT2D eigenvalue weighted by atomic mass is 9.79. The molecule has 0 aliphatic heterocycles. The molecule has 0 bridgehead atoms. The largest absolute Gasteiger partial charge is 0.309 e. The third kappa shape index (κ3) is 5.54. The predicted molar refractivity (Wildman–Crippen MR) is 270 cm³/mol. The molecule has 7 nitrogen and oxygen atoms in total. The highest BCUT2D eigenvalue weighted by Crippen LogP contribution is 2.40. The number of imidazole rings is 4. The molecule has 65 heavy (non-hydrogen) atoms. The minimum Gasteiger partial charge on any atom is -0.309 e. The Bertz CT molecular complexity index is 4060. The Kier molecular flexibility index (Phi) is 7.71. The fourth-order valence-corrected chi connectivity index (χ4v) is 10.2. The van der Waals surface area contributed by atoms with Crippen molar-refractivity contribution < 1.29 is 0 Å². The Hall–Kier alpha value is -7.90. The van der Waals surface area contributed by atoms with Gasteiger partial charge in [-0.2, -0.15) is 0 Å². The molecule has 13 rings (SSSR count). The Morgan fingerprint density at radius 2 is 0.815 bits per heavy atom. The van der Waals surface area contributed by atoms with E-state index in [-0.39, 0.29) is 10.8 Å². The molecule has 13 aromatic rings. The Labute approximate surface area is 376 Å². The summed E-state index contributed by atoms with van der Waals surface area (Å²) in [5.41, 5.74) is 19.2. The van der Waals surface area contributed by atoms with Gasteiger partial charge in [0.1, 0.15) is 0 Å². The molecule has 0 aliphatic rings. The number of benzene rings is 8. The first-order valence-electron chi connectivity index (χ1n) is 22.6. The van der Waals surface area contributed by atoms with Crippen LogP contribution in [0.5, 0.6) is 0 Å². The number of hydrogen-bond donors (Lipinski definition) is 0. The summed E-state index contributed by atoms with van der Waals surface area (Å²) in [5, 5.41) is 2.39. The average Bonchev–Trinajstić information content (AvgIpc) is 4.10. The molecule has 0 atom stereocenters. The Balaban J connectivity index is 1.09. The van der Waals surface area contributed by atoms with Crippen molar-refractivity contribution >= 4 is 77.5 Å². The van der Waals surface area contributed by atoms with Crippen LogP contribution in [0.2, 0.25) is 0 Å². The van der Waals surface area contributed by atoms with Crippen LogP contribution in [0, 0.1) is 0 Å². The van der Waals surface area contributed by atoms with Crippen molar-refractivity contribution in [1.82, 2.24) is 32.5 Å². The highest BCUT2D eigenvalue weighted by atomic mass is 15.2. The summed E-state index contributed by atoms with van der Waals surface area (Å²) in [5.74, 6) is 1.78. The summed E-state index contributed by atoms with van der Waals surface area (Å²) in [4.78, 5) is 10.5. The van der Waals surface area contributed by atoms with Crippen LogP contribution in [0.1, 0.15) is 52.7 Å². The van der Waals surface area contributed by atoms with Crippen LogP contribution in [-0.2, 0) is 10.8 Å². The molecule has 0 spiro atoms. The van der Waals surface area contributed by atoms with E-state index in [0.29, 0.717) is 0 Å². The molecule has 0 fully saturated rings. The van der Waals surface area contributed by atoms with Crippen molar-refractivity contribution in [2.24, 2.45) is 0 Å². The monoisotopic (exact) mass is 841 g/mol. The Morgan fingerprint density at radius 3 is 1.37 bits per heavy atom. The van der Waals surface area contributed by atoms with Gasteiger partial charge in [-0.3, -0.25) is 17.9 Å². The van der Waals surface area contributed by atoms with Crippen LogP contribution in [0.3, 0.4) is 0 Å². The number of hydrogen-bond acceptors (Lipinski definition) is 2. The summed E-state index contributed by atoms with van der Waals surface area (Å²) in [6.07, 6.45) is 0. The topological polar surface area (TPSA) is 49.4 Å². The Morgan fingerprint density at radius 1 is 0.323 bits per heavy atom. The number of rotatable bonds is 4. The summed E-state index contributed by atoms with van der Waals surface area (Å²) < 4.78 is 11.6. The third-order valence-electron chi connectivity index (χ3n) is 13.6. The standard InChI is InChI=1S/C58H47N7/c1-57(2,3)38-30-37(31-39(33-38)58(4,5)6)36-26-29-47-44(32-36)43-28-27-42(63-51-23-12-14-25-53(51)65-49-21-10-8-19-46(49)60-56(63)65)35-54(43)61(47)40-16-15-17-41(34-40)62-50-22-11-13-24-52(50)64-48-20-9-7-18-45(48)59-55(62)64/h7-35H,1-6H3. The summed E-state index contributed by atoms with van der Waals surface area (Å²) in [6.45, 7) is 13.9. The van der Waals surface area contributed by atoms with Crippen LogP contribution < -0.4 is 0 Å². The second-order valence-electron chi connectivity index (χ2n) is 19.7. The minimum absolute atomic E-state index is 0.00600. The van der Waals surface area contributed by atoms with E-state index in [1.54, 1.807) is 0 Å². The zero-order chi connectivity index (χ0) is 43.9. The van der Waals surface area contributed by atoms with Crippen LogP contribution in [0.25, 0.3) is 106 Å². The van der Waals surface area contributed by atoms with Crippen molar-refractivity contribution in [3.63, 3.8) is 0 Å². The molecule has 5 aromatic heterocycles. The molecule has 0 radical (unpaired) electrons. The lowest BCUT2D eigenvalue weighted by Gasteiger charge is -2.26. The molecule has 0 N–H and O–H groups in total. The molecule has 314 valence electrons. The molecule has 0 saturated heterocycles. The fourth-order valence-electron chi connectivity index (χ4n) is 10.2. The second-order valence-corrected chi connectivity index (χ2v) is 19.7. The smallest absolute Gasteiger partial charge is 0.220 e. The van der Waals surface area contributed by atoms with Crippen LogP contribution in [0.15, 0.2) is 176 Å². The number of aromatic nitrogens is 7. The number of fused-ring (bicyclic) bond motifs is 13. The van der Waals surface area contributed by atoms with Crippen molar-refractivity contribution in [2.75, 3.05) is 0 Å². The van der Waals surface area contributed by atoms with E-state index >= 15 is 0 Å². The summed E-state index contributed by atoms with van der Waals surface area (Å²) in [6, 6.07) is 64.2. The highest BCUT2D eigenvalue weighted by molar-refractivity contribution is 6.11. The normalized spacial score (nSPS) is 12.8. The quantitative estimate of drug-likeness (QED) is 0.177. The highest BCUT2D eigenvalue weighted by Gasteiger charge is 2.24. The zero-order valence-corrected chi connectivity index (χ0v) is 37.4. The van der Waals surface area contributed by atoms with Crippen molar-refractivity contribution in [2.45, 2.75) is 52.4 Å². The van der Waals surface area contributed by atoms with Gasteiger partial charge in [0.15, 0.2) is 0 Å². The van der Waals surface area contributed by atoms with Crippen molar-refractivity contribution in [1.29, 1.82) is 0 Å². The SMILES string of the molecule is CC(C)(C)c1cc(-c2ccc3c(c2)c2ccc(-n4c5ccccc5n5c6ccccc6nc45)cc2n3-c2cccc(-n3c4ccccc4n4c5ccccc5nc34)c2)cc(C(C)(C)C)c1. The molecule has 5 heterocycles. The van der Waals surface area contributed by atoms with Gasteiger partial charge in [-0.05, 0) is 124 Å². The maximum absolute atomic E-state index is 5.24. The van der Waals surface area contributed by atoms with Gasteiger partial charge in [-0.15, -0.1) is 0 Å². The van der Waals surface area contributed by atoms with Gasteiger partial charge in [-0.25, -0.2) is 9.97 Å².